The molecule has 1 aromatic carbocycles. The van der Waals surface area contributed by atoms with Crippen molar-refractivity contribution in [2.75, 3.05) is 0 Å². The smallest absolute Gasteiger partial charge is 0.341 e. The average Bonchev–Trinajstić information content (AvgIpc) is 2.46. The number of benzene rings is 1. The van der Waals surface area contributed by atoms with Crippen LogP contribution in [-0.4, -0.2) is 34.7 Å². The van der Waals surface area contributed by atoms with Crippen LogP contribution in [0.5, 0.6) is 0 Å². The van der Waals surface area contributed by atoms with Crippen molar-refractivity contribution in [1.29, 1.82) is 0 Å². The Balaban J connectivity index is 3.08. The Morgan fingerprint density at radius 3 is 2.10 bits per heavy atom. The van der Waals surface area contributed by atoms with Gasteiger partial charge in [-0.25, -0.2) is 9.59 Å². The number of hydrogen-bond acceptors (Lipinski definition) is 6. The Kier molecular flexibility index (Phi) is 6.33. The summed E-state index contributed by atoms with van der Waals surface area (Å²) < 4.78 is 9.64. The molecule has 0 saturated heterocycles. The van der Waals surface area contributed by atoms with Crippen molar-refractivity contribution in [1.82, 2.24) is 0 Å². The SMILES string of the molecule is CCC(O)OC(=O)c1cccc(C)c1C(=O)OC(O)CC. The molecule has 1 rings (SSSR count). The average molecular weight is 296 g/mol. The van der Waals surface area contributed by atoms with E-state index in [1.807, 2.05) is 0 Å². The highest BCUT2D eigenvalue weighted by Gasteiger charge is 2.24. The maximum Gasteiger partial charge on any atom is 0.341 e. The molecule has 0 fully saturated rings. The third kappa shape index (κ3) is 4.54. The summed E-state index contributed by atoms with van der Waals surface area (Å²) in [6.07, 6.45) is -1.98. The van der Waals surface area contributed by atoms with Crippen LogP contribution in [0.3, 0.4) is 0 Å². The highest BCUT2D eigenvalue weighted by molar-refractivity contribution is 6.04. The van der Waals surface area contributed by atoms with E-state index < -0.39 is 24.5 Å². The van der Waals surface area contributed by atoms with Crippen molar-refractivity contribution < 1.29 is 29.3 Å². The first-order valence-corrected chi connectivity index (χ1v) is 6.78. The number of rotatable bonds is 6. The van der Waals surface area contributed by atoms with E-state index in [-0.39, 0.29) is 24.0 Å². The van der Waals surface area contributed by atoms with Crippen LogP contribution < -0.4 is 0 Å². The normalized spacial score (nSPS) is 13.4. The lowest BCUT2D eigenvalue weighted by Crippen LogP contribution is -2.23. The van der Waals surface area contributed by atoms with Crippen molar-refractivity contribution >= 4 is 11.9 Å². The number of aliphatic hydroxyl groups is 2. The largest absolute Gasteiger partial charge is 0.432 e. The molecular weight excluding hydrogens is 276 g/mol. The monoisotopic (exact) mass is 296 g/mol. The maximum absolute atomic E-state index is 12.1. The molecule has 2 N–H and O–H groups in total. The van der Waals surface area contributed by atoms with Crippen LogP contribution in [-0.2, 0) is 9.47 Å². The summed E-state index contributed by atoms with van der Waals surface area (Å²) in [4.78, 5) is 24.1. The van der Waals surface area contributed by atoms with E-state index >= 15 is 0 Å². The zero-order chi connectivity index (χ0) is 16.0. The molecule has 2 atom stereocenters. The van der Waals surface area contributed by atoms with Crippen molar-refractivity contribution in [3.8, 4) is 0 Å². The van der Waals surface area contributed by atoms with Crippen LogP contribution >= 0.6 is 0 Å². The lowest BCUT2D eigenvalue weighted by atomic mass is 10.0. The highest BCUT2D eigenvalue weighted by Crippen LogP contribution is 2.18. The van der Waals surface area contributed by atoms with Crippen molar-refractivity contribution in [2.24, 2.45) is 0 Å². The Hall–Kier alpha value is -1.92. The van der Waals surface area contributed by atoms with E-state index in [4.69, 9.17) is 9.47 Å². The van der Waals surface area contributed by atoms with E-state index in [0.717, 1.165) is 0 Å². The first-order valence-electron chi connectivity index (χ1n) is 6.78. The molecule has 0 saturated carbocycles. The summed E-state index contributed by atoms with van der Waals surface area (Å²) in [5, 5.41) is 18.8. The number of carbonyl (C=O) groups excluding carboxylic acids is 2. The molecule has 0 spiro atoms. The van der Waals surface area contributed by atoms with Gasteiger partial charge in [-0.15, -0.1) is 0 Å². The Morgan fingerprint density at radius 1 is 1.05 bits per heavy atom. The van der Waals surface area contributed by atoms with Gasteiger partial charge in [-0.05, 0) is 18.6 Å². The molecule has 0 aliphatic heterocycles. The molecule has 6 heteroatoms. The molecule has 116 valence electrons. The highest BCUT2D eigenvalue weighted by atomic mass is 16.6. The van der Waals surface area contributed by atoms with Gasteiger partial charge in [0.1, 0.15) is 0 Å². The van der Waals surface area contributed by atoms with Crippen LogP contribution in [0.15, 0.2) is 18.2 Å². The second-order valence-corrected chi connectivity index (χ2v) is 4.53. The quantitative estimate of drug-likeness (QED) is 0.614. The fourth-order valence-corrected chi connectivity index (χ4v) is 1.64. The van der Waals surface area contributed by atoms with Crippen LogP contribution in [0.25, 0.3) is 0 Å². The summed E-state index contributed by atoms with van der Waals surface area (Å²) in [5.74, 6) is -1.62. The summed E-state index contributed by atoms with van der Waals surface area (Å²) in [5.41, 5.74) is 0.540. The molecule has 6 nitrogen and oxygen atoms in total. The predicted octanol–water partition coefficient (Wildman–Crippen LogP) is 1.77. The molecule has 0 heterocycles. The number of hydrogen-bond donors (Lipinski definition) is 2. The topological polar surface area (TPSA) is 93.1 Å². The lowest BCUT2D eigenvalue weighted by molar-refractivity contribution is -0.0691. The van der Waals surface area contributed by atoms with Crippen LogP contribution in [0.1, 0.15) is 53.0 Å². The number of aliphatic hydroxyl groups excluding tert-OH is 2. The summed E-state index contributed by atoms with van der Waals surface area (Å²) in [7, 11) is 0. The molecular formula is C15H20O6. The number of aryl methyl sites for hydroxylation is 1. The van der Waals surface area contributed by atoms with E-state index in [9.17, 15) is 19.8 Å². The van der Waals surface area contributed by atoms with Crippen LogP contribution in [0, 0.1) is 6.92 Å². The molecule has 0 aliphatic carbocycles. The minimum atomic E-state index is -1.23. The Morgan fingerprint density at radius 2 is 1.57 bits per heavy atom. The van der Waals surface area contributed by atoms with Gasteiger partial charge >= 0.3 is 11.9 Å². The predicted molar refractivity (Wildman–Crippen MR) is 74.6 cm³/mol. The standard InChI is InChI=1S/C15H20O6/c1-4-11(16)20-14(18)10-8-6-7-9(3)13(10)15(19)21-12(17)5-2/h6-8,11-12,16-17H,4-5H2,1-3H3. The Labute approximate surface area is 123 Å². The molecule has 0 aliphatic rings. The van der Waals surface area contributed by atoms with Gasteiger partial charge in [0.2, 0.25) is 12.6 Å². The van der Waals surface area contributed by atoms with Gasteiger partial charge in [0.15, 0.2) is 0 Å². The summed E-state index contributed by atoms with van der Waals surface area (Å²) >= 11 is 0. The number of carbonyl (C=O) groups is 2. The van der Waals surface area contributed by atoms with E-state index in [1.54, 1.807) is 32.9 Å². The first-order chi connectivity index (χ1) is 9.90. The van der Waals surface area contributed by atoms with Gasteiger partial charge in [-0.3, -0.25) is 0 Å². The molecule has 2 unspecified atom stereocenters. The van der Waals surface area contributed by atoms with Gasteiger partial charge in [-0.2, -0.15) is 0 Å². The summed E-state index contributed by atoms with van der Waals surface area (Å²) in [6, 6.07) is 4.64. The van der Waals surface area contributed by atoms with Gasteiger partial charge in [0, 0.05) is 12.8 Å². The van der Waals surface area contributed by atoms with Crippen LogP contribution in [0.2, 0.25) is 0 Å². The zero-order valence-electron chi connectivity index (χ0n) is 12.3. The molecule has 1 aromatic rings. The maximum atomic E-state index is 12.1. The van der Waals surface area contributed by atoms with Crippen molar-refractivity contribution in [3.63, 3.8) is 0 Å². The van der Waals surface area contributed by atoms with Gasteiger partial charge in [-0.1, -0.05) is 26.0 Å². The van der Waals surface area contributed by atoms with Gasteiger partial charge in [0.25, 0.3) is 0 Å². The minimum Gasteiger partial charge on any atom is -0.432 e. The van der Waals surface area contributed by atoms with Crippen molar-refractivity contribution in [3.05, 3.63) is 34.9 Å². The lowest BCUT2D eigenvalue weighted by Gasteiger charge is -2.15. The number of esters is 2. The third-order valence-corrected chi connectivity index (χ3v) is 2.88. The van der Waals surface area contributed by atoms with E-state index in [1.165, 1.54) is 6.07 Å². The Bertz CT molecular complexity index is 511. The van der Waals surface area contributed by atoms with E-state index in [2.05, 4.69) is 0 Å². The zero-order valence-corrected chi connectivity index (χ0v) is 12.3. The molecule has 0 amide bonds. The minimum absolute atomic E-state index is 0.00389. The molecule has 0 bridgehead atoms. The van der Waals surface area contributed by atoms with E-state index in [0.29, 0.717) is 5.56 Å². The second-order valence-electron chi connectivity index (χ2n) is 4.53. The fraction of sp³-hybridized carbons (Fsp3) is 0.467. The third-order valence-electron chi connectivity index (χ3n) is 2.88. The fourth-order valence-electron chi connectivity index (χ4n) is 1.64. The molecule has 0 radical (unpaired) electrons. The number of ether oxygens (including phenoxy) is 2. The van der Waals surface area contributed by atoms with Crippen LogP contribution in [0.4, 0.5) is 0 Å². The molecule has 21 heavy (non-hydrogen) atoms. The summed E-state index contributed by atoms with van der Waals surface area (Å²) in [6.45, 7) is 4.95. The first kappa shape index (κ1) is 17.1. The second kappa shape index (κ2) is 7.75. The van der Waals surface area contributed by atoms with Gasteiger partial charge in [0.05, 0.1) is 11.1 Å². The van der Waals surface area contributed by atoms with Crippen molar-refractivity contribution in [2.45, 2.75) is 46.2 Å². The van der Waals surface area contributed by atoms with Gasteiger partial charge < -0.3 is 19.7 Å². The molecule has 0 aromatic heterocycles.